The van der Waals surface area contributed by atoms with Crippen molar-refractivity contribution in [1.29, 1.82) is 0 Å². The molecule has 0 saturated carbocycles. The lowest BCUT2D eigenvalue weighted by Crippen LogP contribution is -2.18. The second-order valence-corrected chi connectivity index (χ2v) is 7.67. The van der Waals surface area contributed by atoms with Crippen LogP contribution in [0.5, 0.6) is 11.5 Å². The van der Waals surface area contributed by atoms with Gasteiger partial charge in [0.2, 0.25) is 5.75 Å². The lowest BCUT2D eigenvalue weighted by Gasteiger charge is -2.12. The Morgan fingerprint density at radius 1 is 1.18 bits per heavy atom. The van der Waals surface area contributed by atoms with Crippen LogP contribution in [0.15, 0.2) is 51.7 Å². The van der Waals surface area contributed by atoms with Crippen LogP contribution in [0.2, 0.25) is 0 Å². The summed E-state index contributed by atoms with van der Waals surface area (Å²) in [5.74, 6) is -0.328. The summed E-state index contributed by atoms with van der Waals surface area (Å²) in [5, 5.41) is 3.38. The van der Waals surface area contributed by atoms with Gasteiger partial charge in [-0.05, 0) is 36.9 Å². The van der Waals surface area contributed by atoms with E-state index in [9.17, 15) is 17.6 Å². The standard InChI is InChI=1S/C19H18FNO6S/c1-21-10-16-15-7-6-14(25-11-12-4-3-5-13(20)8-12)9-17(15)26-19(22)18(16)27-28(2,23)24/h3-9,21H,10-11H2,1-2H3. The highest BCUT2D eigenvalue weighted by atomic mass is 32.2. The Morgan fingerprint density at radius 3 is 2.64 bits per heavy atom. The van der Waals surface area contributed by atoms with Crippen LogP contribution in [0.4, 0.5) is 4.39 Å². The van der Waals surface area contributed by atoms with Crippen LogP contribution in [-0.2, 0) is 23.3 Å². The number of rotatable bonds is 7. The van der Waals surface area contributed by atoms with Gasteiger partial charge in [0, 0.05) is 23.6 Å². The second kappa shape index (κ2) is 7.99. The van der Waals surface area contributed by atoms with Gasteiger partial charge in [-0.2, -0.15) is 8.42 Å². The molecule has 0 spiro atoms. The van der Waals surface area contributed by atoms with Gasteiger partial charge in [-0.1, -0.05) is 12.1 Å². The molecule has 7 nitrogen and oxygen atoms in total. The van der Waals surface area contributed by atoms with Crippen LogP contribution in [0, 0.1) is 5.82 Å². The van der Waals surface area contributed by atoms with E-state index >= 15 is 0 Å². The molecule has 0 unspecified atom stereocenters. The molecule has 3 aromatic rings. The molecule has 0 aliphatic heterocycles. The number of hydrogen-bond donors (Lipinski definition) is 1. The molecule has 0 bridgehead atoms. The second-order valence-electron chi connectivity index (χ2n) is 6.09. The topological polar surface area (TPSA) is 94.8 Å². The van der Waals surface area contributed by atoms with Gasteiger partial charge < -0.3 is 18.7 Å². The average molecular weight is 407 g/mol. The molecule has 1 N–H and O–H groups in total. The average Bonchev–Trinajstić information content (AvgIpc) is 2.62. The quantitative estimate of drug-likeness (QED) is 0.475. The predicted molar refractivity (Wildman–Crippen MR) is 101 cm³/mol. The Hall–Kier alpha value is -2.91. The molecular weight excluding hydrogens is 389 g/mol. The van der Waals surface area contributed by atoms with Crippen molar-refractivity contribution in [1.82, 2.24) is 5.32 Å². The van der Waals surface area contributed by atoms with Crippen molar-refractivity contribution in [3.8, 4) is 11.5 Å². The van der Waals surface area contributed by atoms with Crippen LogP contribution in [0.1, 0.15) is 11.1 Å². The fourth-order valence-corrected chi connectivity index (χ4v) is 3.17. The van der Waals surface area contributed by atoms with Crippen molar-refractivity contribution < 1.29 is 26.1 Å². The van der Waals surface area contributed by atoms with Crippen LogP contribution in [0.3, 0.4) is 0 Å². The maximum atomic E-state index is 13.3. The van der Waals surface area contributed by atoms with Crippen molar-refractivity contribution in [2.45, 2.75) is 13.2 Å². The largest absolute Gasteiger partial charge is 0.489 e. The van der Waals surface area contributed by atoms with Crippen LogP contribution in [-0.4, -0.2) is 21.7 Å². The van der Waals surface area contributed by atoms with E-state index in [-0.39, 0.29) is 30.3 Å². The van der Waals surface area contributed by atoms with Gasteiger partial charge >= 0.3 is 15.7 Å². The van der Waals surface area contributed by atoms with Gasteiger partial charge in [0.25, 0.3) is 0 Å². The van der Waals surface area contributed by atoms with E-state index in [1.54, 1.807) is 31.3 Å². The minimum Gasteiger partial charge on any atom is -0.489 e. The first-order valence-electron chi connectivity index (χ1n) is 8.28. The van der Waals surface area contributed by atoms with Gasteiger partial charge in [-0.3, -0.25) is 0 Å². The first kappa shape index (κ1) is 19.8. The zero-order chi connectivity index (χ0) is 20.3. The molecule has 1 heterocycles. The highest BCUT2D eigenvalue weighted by molar-refractivity contribution is 7.86. The van der Waals surface area contributed by atoms with Crippen LogP contribution in [0.25, 0.3) is 11.0 Å². The summed E-state index contributed by atoms with van der Waals surface area (Å²) in [7, 11) is -2.25. The van der Waals surface area contributed by atoms with E-state index in [2.05, 4.69) is 5.32 Å². The van der Waals surface area contributed by atoms with Gasteiger partial charge in [0.05, 0.1) is 6.26 Å². The molecule has 0 radical (unpaired) electrons. The van der Waals surface area contributed by atoms with E-state index in [1.807, 2.05) is 0 Å². The number of ether oxygens (including phenoxy) is 1. The summed E-state index contributed by atoms with van der Waals surface area (Å²) < 4.78 is 51.9. The molecule has 9 heteroatoms. The van der Waals surface area contributed by atoms with Crippen molar-refractivity contribution in [2.24, 2.45) is 0 Å². The molecule has 0 fully saturated rings. The minimum atomic E-state index is -3.90. The fourth-order valence-electron chi connectivity index (χ4n) is 2.70. The molecule has 1 aromatic heterocycles. The van der Waals surface area contributed by atoms with E-state index in [4.69, 9.17) is 13.3 Å². The number of hydrogen-bond acceptors (Lipinski definition) is 7. The third kappa shape index (κ3) is 4.68. The predicted octanol–water partition coefficient (Wildman–Crippen LogP) is 2.57. The first-order valence-corrected chi connectivity index (χ1v) is 10.1. The maximum Gasteiger partial charge on any atom is 0.381 e. The molecule has 0 aliphatic rings. The van der Waals surface area contributed by atoms with E-state index in [0.29, 0.717) is 22.3 Å². The minimum absolute atomic E-state index is 0.131. The smallest absolute Gasteiger partial charge is 0.381 e. The Balaban J connectivity index is 1.97. The van der Waals surface area contributed by atoms with Gasteiger partial charge in [0.1, 0.15) is 23.8 Å². The van der Waals surface area contributed by atoms with Crippen molar-refractivity contribution >= 4 is 21.1 Å². The molecule has 0 saturated heterocycles. The molecule has 0 aliphatic carbocycles. The summed E-state index contributed by atoms with van der Waals surface area (Å²) in [6.07, 6.45) is 0.850. The fraction of sp³-hybridized carbons (Fsp3) is 0.211. The van der Waals surface area contributed by atoms with E-state index in [0.717, 1.165) is 6.26 Å². The van der Waals surface area contributed by atoms with E-state index < -0.39 is 15.7 Å². The third-order valence-electron chi connectivity index (χ3n) is 3.82. The Morgan fingerprint density at radius 2 is 1.96 bits per heavy atom. The van der Waals surface area contributed by atoms with Gasteiger partial charge in [-0.15, -0.1) is 0 Å². The monoisotopic (exact) mass is 407 g/mol. The molecule has 2 aromatic carbocycles. The SMILES string of the molecule is CNCc1c(OS(C)(=O)=O)c(=O)oc2cc(OCc3cccc(F)c3)ccc12. The normalized spacial score (nSPS) is 11.5. The summed E-state index contributed by atoms with van der Waals surface area (Å²) in [4.78, 5) is 12.3. The highest BCUT2D eigenvalue weighted by Crippen LogP contribution is 2.29. The van der Waals surface area contributed by atoms with Gasteiger partial charge in [-0.25, -0.2) is 9.18 Å². The van der Waals surface area contributed by atoms with Gasteiger partial charge in [0.15, 0.2) is 0 Å². The van der Waals surface area contributed by atoms with Crippen molar-refractivity contribution in [3.05, 3.63) is 69.8 Å². The molecule has 0 atom stereocenters. The van der Waals surface area contributed by atoms with Crippen LogP contribution < -0.4 is 19.9 Å². The van der Waals surface area contributed by atoms with Crippen molar-refractivity contribution in [3.63, 3.8) is 0 Å². The number of fused-ring (bicyclic) bond motifs is 1. The lowest BCUT2D eigenvalue weighted by atomic mass is 10.1. The highest BCUT2D eigenvalue weighted by Gasteiger charge is 2.20. The maximum absolute atomic E-state index is 13.3. The Kier molecular flexibility index (Phi) is 5.66. The van der Waals surface area contributed by atoms with Crippen LogP contribution >= 0.6 is 0 Å². The lowest BCUT2D eigenvalue weighted by molar-refractivity contribution is 0.305. The Labute approximate surface area is 160 Å². The molecular formula is C19H18FNO6S. The molecule has 28 heavy (non-hydrogen) atoms. The Bertz CT molecular complexity index is 1170. The zero-order valence-corrected chi connectivity index (χ0v) is 16.0. The van der Waals surface area contributed by atoms with E-state index in [1.165, 1.54) is 18.2 Å². The number of halogens is 1. The molecule has 3 rings (SSSR count). The first-order chi connectivity index (χ1) is 13.3. The number of nitrogens with one attached hydrogen (secondary N) is 1. The number of benzene rings is 2. The summed E-state index contributed by atoms with van der Waals surface area (Å²) in [6.45, 7) is 0.322. The molecule has 0 amide bonds. The van der Waals surface area contributed by atoms with Crippen molar-refractivity contribution in [2.75, 3.05) is 13.3 Å². The zero-order valence-electron chi connectivity index (χ0n) is 15.2. The molecule has 148 valence electrons. The summed E-state index contributed by atoms with van der Waals surface area (Å²) in [6, 6.07) is 10.8. The third-order valence-corrected chi connectivity index (χ3v) is 4.29. The summed E-state index contributed by atoms with van der Waals surface area (Å²) in [5.41, 5.74) is 0.309. The summed E-state index contributed by atoms with van der Waals surface area (Å²) >= 11 is 0.